The van der Waals surface area contributed by atoms with E-state index >= 15 is 0 Å². The third-order valence-electron chi connectivity index (χ3n) is 4.52. The lowest BCUT2D eigenvalue weighted by Gasteiger charge is -2.23. The Hall–Kier alpha value is -1.36. The number of hydrogen-bond acceptors (Lipinski definition) is 3. The standard InChI is InChI=1S/C15H25N3O2/c1-4-12-9-13(18(6-3)16-12)10-17-8-7-15(5-2,11-17)14(19)20/h9H,4-8,10-11H2,1-3H3,(H,19,20). The second-order valence-electron chi connectivity index (χ2n) is 5.70. The number of aryl methyl sites for hydroxylation is 2. The molecule has 0 aromatic carbocycles. The summed E-state index contributed by atoms with van der Waals surface area (Å²) in [4.78, 5) is 13.7. The van der Waals surface area contributed by atoms with Gasteiger partial charge in [0, 0.05) is 19.6 Å². The number of carboxylic acids is 1. The number of hydrogen-bond donors (Lipinski definition) is 1. The predicted octanol–water partition coefficient (Wildman–Crippen LogP) is 2.15. The summed E-state index contributed by atoms with van der Waals surface area (Å²) >= 11 is 0. The molecule has 1 aliphatic heterocycles. The topological polar surface area (TPSA) is 58.4 Å². The van der Waals surface area contributed by atoms with E-state index in [9.17, 15) is 9.90 Å². The van der Waals surface area contributed by atoms with Crippen molar-refractivity contribution in [1.82, 2.24) is 14.7 Å². The molecule has 0 saturated carbocycles. The van der Waals surface area contributed by atoms with Crippen molar-refractivity contribution >= 4 is 5.97 Å². The van der Waals surface area contributed by atoms with E-state index in [0.29, 0.717) is 13.0 Å². The first-order chi connectivity index (χ1) is 9.54. The van der Waals surface area contributed by atoms with Gasteiger partial charge in [-0.1, -0.05) is 13.8 Å². The predicted molar refractivity (Wildman–Crippen MR) is 77.5 cm³/mol. The average Bonchev–Trinajstić information content (AvgIpc) is 3.03. The lowest BCUT2D eigenvalue weighted by atomic mass is 9.84. The van der Waals surface area contributed by atoms with Crippen LogP contribution in [0.1, 0.15) is 45.0 Å². The Bertz CT molecular complexity index is 483. The van der Waals surface area contributed by atoms with Gasteiger partial charge >= 0.3 is 5.97 Å². The summed E-state index contributed by atoms with van der Waals surface area (Å²) in [5, 5.41) is 14.0. The zero-order valence-electron chi connectivity index (χ0n) is 12.7. The van der Waals surface area contributed by atoms with Crippen molar-refractivity contribution in [2.45, 2.75) is 53.1 Å². The number of aliphatic carboxylic acids is 1. The molecule has 0 amide bonds. The number of nitrogens with zero attached hydrogens (tertiary/aromatic N) is 3. The molecule has 2 rings (SSSR count). The molecular formula is C15H25N3O2. The van der Waals surface area contributed by atoms with Crippen molar-refractivity contribution < 1.29 is 9.90 Å². The molecule has 1 unspecified atom stereocenters. The monoisotopic (exact) mass is 279 g/mol. The Labute approximate surface area is 120 Å². The van der Waals surface area contributed by atoms with Crippen molar-refractivity contribution in [3.8, 4) is 0 Å². The minimum atomic E-state index is -0.652. The molecule has 1 aromatic rings. The molecule has 1 aromatic heterocycles. The quantitative estimate of drug-likeness (QED) is 0.867. The second kappa shape index (κ2) is 5.95. The summed E-state index contributed by atoms with van der Waals surface area (Å²) < 4.78 is 2.03. The summed E-state index contributed by atoms with van der Waals surface area (Å²) in [5.74, 6) is -0.652. The third-order valence-corrected chi connectivity index (χ3v) is 4.52. The molecule has 20 heavy (non-hydrogen) atoms. The van der Waals surface area contributed by atoms with Crippen LogP contribution in [0.25, 0.3) is 0 Å². The van der Waals surface area contributed by atoms with Crippen LogP contribution >= 0.6 is 0 Å². The molecular weight excluding hydrogens is 254 g/mol. The van der Waals surface area contributed by atoms with Gasteiger partial charge in [0.15, 0.2) is 0 Å². The van der Waals surface area contributed by atoms with E-state index in [4.69, 9.17) is 0 Å². The van der Waals surface area contributed by atoms with Crippen LogP contribution in [0, 0.1) is 5.41 Å². The zero-order valence-corrected chi connectivity index (χ0v) is 12.7. The Morgan fingerprint density at radius 1 is 1.45 bits per heavy atom. The van der Waals surface area contributed by atoms with Gasteiger partial charge in [-0.3, -0.25) is 14.4 Å². The second-order valence-corrected chi connectivity index (χ2v) is 5.70. The molecule has 2 heterocycles. The maximum Gasteiger partial charge on any atom is 0.310 e. The van der Waals surface area contributed by atoms with Gasteiger partial charge in [0.2, 0.25) is 0 Å². The van der Waals surface area contributed by atoms with Crippen LogP contribution in [0.4, 0.5) is 0 Å². The van der Waals surface area contributed by atoms with E-state index in [1.54, 1.807) is 0 Å². The Morgan fingerprint density at radius 3 is 2.70 bits per heavy atom. The first-order valence-corrected chi connectivity index (χ1v) is 7.56. The van der Waals surface area contributed by atoms with Crippen LogP contribution in [-0.2, 0) is 24.3 Å². The first-order valence-electron chi connectivity index (χ1n) is 7.56. The van der Waals surface area contributed by atoms with Crippen LogP contribution in [0.15, 0.2) is 6.07 Å². The molecule has 112 valence electrons. The molecule has 5 nitrogen and oxygen atoms in total. The average molecular weight is 279 g/mol. The highest BCUT2D eigenvalue weighted by Gasteiger charge is 2.43. The van der Waals surface area contributed by atoms with E-state index in [0.717, 1.165) is 38.2 Å². The van der Waals surface area contributed by atoms with E-state index in [2.05, 4.69) is 29.9 Å². The Balaban J connectivity index is 2.08. The van der Waals surface area contributed by atoms with Crippen LogP contribution in [-0.4, -0.2) is 38.8 Å². The summed E-state index contributed by atoms with van der Waals surface area (Å²) in [5.41, 5.74) is 1.76. The molecule has 5 heteroatoms. The van der Waals surface area contributed by atoms with Gasteiger partial charge < -0.3 is 5.11 Å². The van der Waals surface area contributed by atoms with E-state index in [1.807, 2.05) is 11.6 Å². The smallest absolute Gasteiger partial charge is 0.310 e. The van der Waals surface area contributed by atoms with Gasteiger partial charge in [-0.05, 0) is 38.8 Å². The van der Waals surface area contributed by atoms with Gasteiger partial charge in [-0.15, -0.1) is 0 Å². The minimum absolute atomic E-state index is 0.551. The highest BCUT2D eigenvalue weighted by molar-refractivity contribution is 5.75. The van der Waals surface area contributed by atoms with Gasteiger partial charge in [-0.25, -0.2) is 0 Å². The highest BCUT2D eigenvalue weighted by Crippen LogP contribution is 2.34. The number of likely N-dealkylation sites (tertiary alicyclic amines) is 1. The van der Waals surface area contributed by atoms with Crippen molar-refractivity contribution in [2.75, 3.05) is 13.1 Å². The van der Waals surface area contributed by atoms with Gasteiger partial charge in [-0.2, -0.15) is 5.10 Å². The lowest BCUT2D eigenvalue weighted by Crippen LogP contribution is -2.34. The van der Waals surface area contributed by atoms with E-state index in [-0.39, 0.29) is 0 Å². The van der Waals surface area contributed by atoms with Gasteiger partial charge in [0.25, 0.3) is 0 Å². The number of aromatic nitrogens is 2. The van der Waals surface area contributed by atoms with Crippen LogP contribution < -0.4 is 0 Å². The van der Waals surface area contributed by atoms with E-state index < -0.39 is 11.4 Å². The maximum atomic E-state index is 11.5. The number of carbonyl (C=O) groups is 1. The Kier molecular flexibility index (Phi) is 4.48. The molecule has 0 spiro atoms. The molecule has 0 aliphatic carbocycles. The van der Waals surface area contributed by atoms with Crippen LogP contribution in [0.5, 0.6) is 0 Å². The lowest BCUT2D eigenvalue weighted by molar-refractivity contribution is -0.148. The number of carboxylic acid groups (broad SMARTS) is 1. The molecule has 1 atom stereocenters. The van der Waals surface area contributed by atoms with Gasteiger partial charge in [0.1, 0.15) is 0 Å². The van der Waals surface area contributed by atoms with Crippen molar-refractivity contribution in [3.63, 3.8) is 0 Å². The zero-order chi connectivity index (χ0) is 14.8. The SMILES string of the molecule is CCc1cc(CN2CCC(CC)(C(=O)O)C2)n(CC)n1. The Morgan fingerprint density at radius 2 is 2.20 bits per heavy atom. The molecule has 1 N–H and O–H groups in total. The third kappa shape index (κ3) is 2.73. The van der Waals surface area contributed by atoms with Crippen molar-refractivity contribution in [2.24, 2.45) is 5.41 Å². The molecule has 1 aliphatic rings. The fraction of sp³-hybridized carbons (Fsp3) is 0.733. The first kappa shape index (κ1) is 15.0. The molecule has 1 fully saturated rings. The maximum absolute atomic E-state index is 11.5. The largest absolute Gasteiger partial charge is 0.481 e. The fourth-order valence-electron chi connectivity index (χ4n) is 3.03. The fourth-order valence-corrected chi connectivity index (χ4v) is 3.03. The van der Waals surface area contributed by atoms with Crippen molar-refractivity contribution in [3.05, 3.63) is 17.5 Å². The van der Waals surface area contributed by atoms with Crippen LogP contribution in [0.2, 0.25) is 0 Å². The summed E-state index contributed by atoms with van der Waals surface area (Å²) in [6.45, 7) is 9.34. The van der Waals surface area contributed by atoms with Crippen LogP contribution in [0.3, 0.4) is 0 Å². The number of rotatable bonds is 6. The normalized spacial score (nSPS) is 23.4. The summed E-state index contributed by atoms with van der Waals surface area (Å²) in [6.07, 6.45) is 2.39. The summed E-state index contributed by atoms with van der Waals surface area (Å²) in [6, 6.07) is 2.15. The molecule has 0 bridgehead atoms. The molecule has 1 saturated heterocycles. The molecule has 0 radical (unpaired) electrons. The highest BCUT2D eigenvalue weighted by atomic mass is 16.4. The van der Waals surface area contributed by atoms with Crippen molar-refractivity contribution in [1.29, 1.82) is 0 Å². The van der Waals surface area contributed by atoms with E-state index in [1.165, 1.54) is 5.69 Å². The minimum Gasteiger partial charge on any atom is -0.481 e. The summed E-state index contributed by atoms with van der Waals surface area (Å²) in [7, 11) is 0. The van der Waals surface area contributed by atoms with Gasteiger partial charge in [0.05, 0.1) is 16.8 Å².